The molecule has 15 heavy (non-hydrogen) atoms. The number of rotatable bonds is 3. The maximum absolute atomic E-state index is 10.2. The van der Waals surface area contributed by atoms with Crippen LogP contribution < -0.4 is 11.1 Å². The SMILES string of the molecule is Nc1nn(-c2ccccc2)nc1NC=O. The standard InChI is InChI=1S/C9H9N5O/c10-8-9(11-6-15)13-14(12-8)7-4-2-1-3-5-7/h1-6H,(H2,10,12)(H,11,13,15). The number of aromatic nitrogens is 3. The molecule has 2 aromatic rings. The van der Waals surface area contributed by atoms with Gasteiger partial charge in [-0.2, -0.15) is 0 Å². The average Bonchev–Trinajstić information content (AvgIpc) is 2.63. The van der Waals surface area contributed by atoms with Gasteiger partial charge < -0.3 is 11.1 Å². The number of hydrogen-bond acceptors (Lipinski definition) is 4. The predicted molar refractivity (Wildman–Crippen MR) is 55.5 cm³/mol. The molecule has 0 atom stereocenters. The number of anilines is 2. The van der Waals surface area contributed by atoms with Crippen molar-refractivity contribution in [2.45, 2.75) is 0 Å². The number of nitrogen functional groups attached to an aromatic ring is 1. The van der Waals surface area contributed by atoms with Gasteiger partial charge in [0.25, 0.3) is 0 Å². The molecule has 0 radical (unpaired) electrons. The van der Waals surface area contributed by atoms with Crippen LogP contribution in [0.3, 0.4) is 0 Å². The van der Waals surface area contributed by atoms with E-state index in [2.05, 4.69) is 15.5 Å². The molecule has 1 aromatic heterocycles. The van der Waals surface area contributed by atoms with Gasteiger partial charge >= 0.3 is 0 Å². The van der Waals surface area contributed by atoms with E-state index < -0.39 is 0 Å². The third-order valence-corrected chi connectivity index (χ3v) is 1.82. The molecule has 0 bridgehead atoms. The number of benzene rings is 1. The monoisotopic (exact) mass is 203 g/mol. The molecule has 0 saturated carbocycles. The first-order chi connectivity index (χ1) is 7.31. The Kier molecular flexibility index (Phi) is 2.32. The highest BCUT2D eigenvalue weighted by Gasteiger charge is 2.07. The van der Waals surface area contributed by atoms with E-state index in [1.807, 2.05) is 30.3 Å². The molecular formula is C9H9N5O. The van der Waals surface area contributed by atoms with E-state index in [4.69, 9.17) is 5.73 Å². The summed E-state index contributed by atoms with van der Waals surface area (Å²) in [6, 6.07) is 9.29. The van der Waals surface area contributed by atoms with Crippen LogP contribution in [-0.4, -0.2) is 21.4 Å². The molecule has 0 aliphatic rings. The van der Waals surface area contributed by atoms with Gasteiger partial charge in [-0.3, -0.25) is 4.79 Å². The Hall–Kier alpha value is -2.37. The average molecular weight is 203 g/mol. The number of nitrogens with zero attached hydrogens (tertiary/aromatic N) is 3. The third kappa shape index (κ3) is 1.78. The normalized spacial score (nSPS) is 9.87. The van der Waals surface area contributed by atoms with Crippen molar-refractivity contribution in [2.24, 2.45) is 0 Å². The van der Waals surface area contributed by atoms with E-state index in [9.17, 15) is 4.79 Å². The van der Waals surface area contributed by atoms with E-state index in [1.165, 1.54) is 4.80 Å². The van der Waals surface area contributed by atoms with Crippen molar-refractivity contribution in [3.63, 3.8) is 0 Å². The summed E-state index contributed by atoms with van der Waals surface area (Å²) < 4.78 is 0. The van der Waals surface area contributed by atoms with Gasteiger partial charge in [0.05, 0.1) is 5.69 Å². The number of hydrogen-bond donors (Lipinski definition) is 2. The summed E-state index contributed by atoms with van der Waals surface area (Å²) in [5, 5.41) is 10.3. The Bertz CT molecular complexity index is 465. The molecule has 1 amide bonds. The Balaban J connectivity index is 2.38. The largest absolute Gasteiger partial charge is 0.379 e. The lowest BCUT2D eigenvalue weighted by molar-refractivity contribution is -0.105. The summed E-state index contributed by atoms with van der Waals surface area (Å²) in [7, 11) is 0. The van der Waals surface area contributed by atoms with Crippen LogP contribution in [-0.2, 0) is 4.79 Å². The molecule has 3 N–H and O–H groups in total. The summed E-state index contributed by atoms with van der Waals surface area (Å²) >= 11 is 0. The maximum Gasteiger partial charge on any atom is 0.212 e. The Morgan fingerprint density at radius 2 is 2.00 bits per heavy atom. The molecule has 76 valence electrons. The summed E-state index contributed by atoms with van der Waals surface area (Å²) in [5.74, 6) is 0.444. The van der Waals surface area contributed by atoms with Crippen LogP contribution in [0.15, 0.2) is 30.3 Å². The fourth-order valence-corrected chi connectivity index (χ4v) is 1.15. The van der Waals surface area contributed by atoms with Crippen molar-refractivity contribution in [1.82, 2.24) is 15.0 Å². The lowest BCUT2D eigenvalue weighted by atomic mass is 10.3. The van der Waals surface area contributed by atoms with E-state index in [1.54, 1.807) is 0 Å². The molecule has 6 nitrogen and oxygen atoms in total. The summed E-state index contributed by atoms with van der Waals surface area (Å²) in [4.78, 5) is 11.6. The van der Waals surface area contributed by atoms with E-state index in [0.717, 1.165) is 5.69 Å². The zero-order valence-electron chi connectivity index (χ0n) is 7.79. The van der Waals surface area contributed by atoms with Crippen molar-refractivity contribution in [3.05, 3.63) is 30.3 Å². The second kappa shape index (κ2) is 3.79. The van der Waals surface area contributed by atoms with Crippen molar-refractivity contribution >= 4 is 18.0 Å². The lowest BCUT2D eigenvalue weighted by Crippen LogP contribution is -1.99. The van der Waals surface area contributed by atoms with Gasteiger partial charge in [-0.25, -0.2) is 0 Å². The van der Waals surface area contributed by atoms with Crippen LogP contribution in [0.1, 0.15) is 0 Å². The summed E-state index contributed by atoms with van der Waals surface area (Å²) in [6.45, 7) is 0. The summed E-state index contributed by atoms with van der Waals surface area (Å²) in [6.07, 6.45) is 0.510. The maximum atomic E-state index is 10.2. The summed E-state index contributed by atoms with van der Waals surface area (Å²) in [5.41, 5.74) is 6.33. The highest BCUT2D eigenvalue weighted by atomic mass is 16.1. The number of para-hydroxylation sites is 1. The fourth-order valence-electron chi connectivity index (χ4n) is 1.15. The molecule has 0 aliphatic carbocycles. The number of amides is 1. The van der Waals surface area contributed by atoms with Crippen LogP contribution >= 0.6 is 0 Å². The molecule has 1 aromatic carbocycles. The van der Waals surface area contributed by atoms with Crippen molar-refractivity contribution in [1.29, 1.82) is 0 Å². The van der Waals surface area contributed by atoms with E-state index in [-0.39, 0.29) is 11.6 Å². The van der Waals surface area contributed by atoms with Crippen LogP contribution in [0.25, 0.3) is 5.69 Å². The Morgan fingerprint density at radius 1 is 1.27 bits per heavy atom. The van der Waals surface area contributed by atoms with Crippen molar-refractivity contribution < 1.29 is 4.79 Å². The second-order valence-corrected chi connectivity index (χ2v) is 2.82. The van der Waals surface area contributed by atoms with Gasteiger partial charge in [0.1, 0.15) is 0 Å². The molecule has 2 rings (SSSR count). The number of carbonyl (C=O) groups excluding carboxylic acids is 1. The first kappa shape index (κ1) is 9.20. The highest BCUT2D eigenvalue weighted by Crippen LogP contribution is 2.13. The quantitative estimate of drug-likeness (QED) is 0.708. The second-order valence-electron chi connectivity index (χ2n) is 2.82. The molecule has 0 aliphatic heterocycles. The number of nitrogens with two attached hydrogens (primary N) is 1. The van der Waals surface area contributed by atoms with Gasteiger partial charge in [0, 0.05) is 0 Å². The van der Waals surface area contributed by atoms with Gasteiger partial charge in [-0.15, -0.1) is 15.0 Å². The lowest BCUT2D eigenvalue weighted by Gasteiger charge is -1.96. The first-order valence-electron chi connectivity index (χ1n) is 4.29. The highest BCUT2D eigenvalue weighted by molar-refractivity contribution is 5.74. The molecule has 0 spiro atoms. The molecule has 0 unspecified atom stereocenters. The topological polar surface area (TPSA) is 85.8 Å². The molecule has 1 heterocycles. The van der Waals surface area contributed by atoms with E-state index in [0.29, 0.717) is 6.41 Å². The Labute approximate surface area is 85.7 Å². The molecule has 0 fully saturated rings. The van der Waals surface area contributed by atoms with Gasteiger partial charge in [-0.05, 0) is 12.1 Å². The predicted octanol–water partition coefficient (Wildman–Crippen LogP) is 0.418. The van der Waals surface area contributed by atoms with Crippen molar-refractivity contribution in [2.75, 3.05) is 11.1 Å². The number of nitrogens with one attached hydrogen (secondary N) is 1. The van der Waals surface area contributed by atoms with Crippen LogP contribution in [0, 0.1) is 0 Å². The molecule has 0 saturated heterocycles. The zero-order chi connectivity index (χ0) is 10.7. The van der Waals surface area contributed by atoms with Crippen LogP contribution in [0.2, 0.25) is 0 Å². The fraction of sp³-hybridized carbons (Fsp3) is 0. The minimum absolute atomic E-state index is 0.186. The third-order valence-electron chi connectivity index (χ3n) is 1.82. The molecular weight excluding hydrogens is 194 g/mol. The van der Waals surface area contributed by atoms with E-state index >= 15 is 0 Å². The Morgan fingerprint density at radius 3 is 2.67 bits per heavy atom. The van der Waals surface area contributed by atoms with Gasteiger partial charge in [0.2, 0.25) is 6.41 Å². The minimum Gasteiger partial charge on any atom is -0.379 e. The van der Waals surface area contributed by atoms with Gasteiger partial charge in [0.15, 0.2) is 11.6 Å². The minimum atomic E-state index is 0.186. The number of carbonyl (C=O) groups is 1. The van der Waals surface area contributed by atoms with Crippen LogP contribution in [0.4, 0.5) is 11.6 Å². The first-order valence-corrected chi connectivity index (χ1v) is 4.29. The zero-order valence-corrected chi connectivity index (χ0v) is 7.79. The smallest absolute Gasteiger partial charge is 0.212 e. The molecule has 6 heteroatoms. The van der Waals surface area contributed by atoms with Gasteiger partial charge in [-0.1, -0.05) is 18.2 Å². The van der Waals surface area contributed by atoms with Crippen LogP contribution in [0.5, 0.6) is 0 Å². The van der Waals surface area contributed by atoms with Crippen molar-refractivity contribution in [3.8, 4) is 5.69 Å².